The van der Waals surface area contributed by atoms with Gasteiger partial charge in [0.25, 0.3) is 0 Å². The minimum atomic E-state index is -0.709. The lowest BCUT2D eigenvalue weighted by atomic mass is 10.1. The first-order chi connectivity index (χ1) is 8.49. The quantitative estimate of drug-likeness (QED) is 0.926. The van der Waals surface area contributed by atoms with Crippen molar-refractivity contribution in [1.29, 1.82) is 0 Å². The van der Waals surface area contributed by atoms with E-state index in [1.807, 2.05) is 12.1 Å². The smallest absolute Gasteiger partial charge is 0.307 e. The van der Waals surface area contributed by atoms with Gasteiger partial charge < -0.3 is 5.11 Å². The Hall–Kier alpha value is -0.770. The summed E-state index contributed by atoms with van der Waals surface area (Å²) >= 11 is 11.9. The Balaban J connectivity index is 2.10. The zero-order valence-electron chi connectivity index (χ0n) is 10.1. The largest absolute Gasteiger partial charge is 0.481 e. The Morgan fingerprint density at radius 3 is 2.72 bits per heavy atom. The van der Waals surface area contributed by atoms with E-state index in [1.54, 1.807) is 6.07 Å². The molecule has 0 saturated carbocycles. The van der Waals surface area contributed by atoms with Crippen molar-refractivity contribution >= 4 is 29.2 Å². The third-order valence-electron chi connectivity index (χ3n) is 3.54. The SMILES string of the molecule is C[C@@H](c1ccc(Cl)c(Cl)c1)N1CC[C@@H](C(=O)O)C1. The molecule has 0 unspecified atom stereocenters. The highest BCUT2D eigenvalue weighted by Crippen LogP contribution is 2.31. The van der Waals surface area contributed by atoms with E-state index in [-0.39, 0.29) is 12.0 Å². The molecule has 18 heavy (non-hydrogen) atoms. The molecule has 3 nitrogen and oxygen atoms in total. The van der Waals surface area contributed by atoms with E-state index >= 15 is 0 Å². The van der Waals surface area contributed by atoms with Crippen LogP contribution in [0.5, 0.6) is 0 Å². The van der Waals surface area contributed by atoms with E-state index in [0.29, 0.717) is 23.0 Å². The fourth-order valence-electron chi connectivity index (χ4n) is 2.32. The number of halogens is 2. The van der Waals surface area contributed by atoms with Crippen molar-refractivity contribution in [1.82, 2.24) is 4.90 Å². The molecule has 5 heteroatoms. The maximum atomic E-state index is 10.9. The van der Waals surface area contributed by atoms with Crippen molar-refractivity contribution in [3.8, 4) is 0 Å². The maximum Gasteiger partial charge on any atom is 0.307 e. The average Bonchev–Trinajstić information content (AvgIpc) is 2.81. The van der Waals surface area contributed by atoms with Gasteiger partial charge in [0.15, 0.2) is 0 Å². The number of likely N-dealkylation sites (tertiary alicyclic amines) is 1. The molecule has 0 aliphatic carbocycles. The van der Waals surface area contributed by atoms with Gasteiger partial charge in [-0.05, 0) is 37.6 Å². The van der Waals surface area contributed by atoms with Gasteiger partial charge in [-0.1, -0.05) is 29.3 Å². The first-order valence-corrected chi connectivity index (χ1v) is 6.66. The van der Waals surface area contributed by atoms with Crippen molar-refractivity contribution in [2.75, 3.05) is 13.1 Å². The molecule has 0 amide bonds. The van der Waals surface area contributed by atoms with Crippen molar-refractivity contribution in [2.24, 2.45) is 5.92 Å². The van der Waals surface area contributed by atoms with Crippen molar-refractivity contribution < 1.29 is 9.90 Å². The zero-order valence-corrected chi connectivity index (χ0v) is 11.6. The van der Waals surface area contributed by atoms with Crippen LogP contribution in [0, 0.1) is 5.92 Å². The molecule has 2 rings (SSSR count). The normalized spacial score (nSPS) is 22.1. The molecule has 0 radical (unpaired) electrons. The summed E-state index contributed by atoms with van der Waals surface area (Å²) in [5, 5.41) is 10.1. The molecule has 0 spiro atoms. The second kappa shape index (κ2) is 5.47. The molecule has 2 atom stereocenters. The summed E-state index contributed by atoms with van der Waals surface area (Å²) in [6.45, 7) is 3.46. The molecule has 1 aliphatic heterocycles. The second-order valence-electron chi connectivity index (χ2n) is 4.67. The number of carbonyl (C=O) groups is 1. The summed E-state index contributed by atoms with van der Waals surface area (Å²) in [5.74, 6) is -0.964. The van der Waals surface area contributed by atoms with Crippen molar-refractivity contribution in [2.45, 2.75) is 19.4 Å². The number of hydrogen-bond acceptors (Lipinski definition) is 2. The molecule has 1 aliphatic rings. The number of nitrogens with zero attached hydrogens (tertiary/aromatic N) is 1. The number of benzene rings is 1. The van der Waals surface area contributed by atoms with E-state index in [1.165, 1.54) is 0 Å². The highest BCUT2D eigenvalue weighted by molar-refractivity contribution is 6.42. The Labute approximate surface area is 116 Å². The van der Waals surface area contributed by atoms with E-state index in [2.05, 4.69) is 11.8 Å². The fourth-order valence-corrected chi connectivity index (χ4v) is 2.63. The standard InChI is InChI=1S/C13H15Cl2NO2/c1-8(9-2-3-11(14)12(15)6-9)16-5-4-10(7-16)13(17)18/h2-3,6,8,10H,4-5,7H2,1H3,(H,17,18)/t8-,10+/m0/s1. The van der Waals surface area contributed by atoms with Gasteiger partial charge in [-0.3, -0.25) is 9.69 Å². The van der Waals surface area contributed by atoms with Crippen LogP contribution in [0.3, 0.4) is 0 Å². The molecule has 1 aromatic carbocycles. The topological polar surface area (TPSA) is 40.5 Å². The molecule has 1 N–H and O–H groups in total. The van der Waals surface area contributed by atoms with E-state index in [4.69, 9.17) is 28.3 Å². The van der Waals surface area contributed by atoms with Gasteiger partial charge in [0, 0.05) is 12.6 Å². The molecular formula is C13H15Cl2NO2. The van der Waals surface area contributed by atoms with Gasteiger partial charge in [0.2, 0.25) is 0 Å². The van der Waals surface area contributed by atoms with Gasteiger partial charge in [-0.15, -0.1) is 0 Å². The van der Waals surface area contributed by atoms with Crippen LogP contribution in [0.15, 0.2) is 18.2 Å². The molecule has 0 aromatic heterocycles. The summed E-state index contributed by atoms with van der Waals surface area (Å²) in [5.41, 5.74) is 1.07. The first kappa shape index (κ1) is 13.7. The molecule has 98 valence electrons. The minimum absolute atomic E-state index is 0.157. The van der Waals surface area contributed by atoms with Crippen molar-refractivity contribution in [3.05, 3.63) is 33.8 Å². The Bertz CT molecular complexity index is 464. The maximum absolute atomic E-state index is 10.9. The van der Waals surface area contributed by atoms with Crippen LogP contribution in [0.1, 0.15) is 24.9 Å². The van der Waals surface area contributed by atoms with E-state index in [9.17, 15) is 4.79 Å². The van der Waals surface area contributed by atoms with Gasteiger partial charge in [-0.25, -0.2) is 0 Å². The first-order valence-electron chi connectivity index (χ1n) is 5.91. The van der Waals surface area contributed by atoms with E-state index < -0.39 is 5.97 Å². The number of hydrogen-bond donors (Lipinski definition) is 1. The second-order valence-corrected chi connectivity index (χ2v) is 5.48. The van der Waals surface area contributed by atoms with Gasteiger partial charge in [-0.2, -0.15) is 0 Å². The number of carboxylic acid groups (broad SMARTS) is 1. The Morgan fingerprint density at radius 1 is 1.44 bits per heavy atom. The Kier molecular flexibility index (Phi) is 4.15. The third-order valence-corrected chi connectivity index (χ3v) is 4.28. The zero-order chi connectivity index (χ0) is 13.3. The summed E-state index contributed by atoms with van der Waals surface area (Å²) in [4.78, 5) is 13.1. The van der Waals surface area contributed by atoms with Gasteiger partial charge in [0.05, 0.1) is 16.0 Å². The molecule has 1 fully saturated rings. The third kappa shape index (κ3) is 2.79. The average molecular weight is 288 g/mol. The van der Waals surface area contributed by atoms with Gasteiger partial charge >= 0.3 is 5.97 Å². The highest BCUT2D eigenvalue weighted by Gasteiger charge is 2.31. The lowest BCUT2D eigenvalue weighted by Crippen LogP contribution is -2.26. The summed E-state index contributed by atoms with van der Waals surface area (Å²) in [6.07, 6.45) is 0.709. The Morgan fingerprint density at radius 2 is 2.17 bits per heavy atom. The minimum Gasteiger partial charge on any atom is -0.481 e. The number of carboxylic acids is 1. The van der Waals surface area contributed by atoms with E-state index in [0.717, 1.165) is 12.1 Å². The fraction of sp³-hybridized carbons (Fsp3) is 0.462. The number of rotatable bonds is 3. The van der Waals surface area contributed by atoms with Crippen LogP contribution >= 0.6 is 23.2 Å². The molecule has 1 heterocycles. The predicted molar refractivity (Wildman–Crippen MR) is 72.2 cm³/mol. The van der Waals surface area contributed by atoms with Crippen LogP contribution < -0.4 is 0 Å². The van der Waals surface area contributed by atoms with Crippen molar-refractivity contribution in [3.63, 3.8) is 0 Å². The molecule has 1 aromatic rings. The summed E-state index contributed by atoms with van der Waals surface area (Å²) in [6, 6.07) is 5.72. The van der Waals surface area contributed by atoms with Crippen LogP contribution in [0.4, 0.5) is 0 Å². The van der Waals surface area contributed by atoms with Crippen LogP contribution in [-0.4, -0.2) is 29.1 Å². The monoisotopic (exact) mass is 287 g/mol. The summed E-state index contributed by atoms with van der Waals surface area (Å²) in [7, 11) is 0. The molecule has 0 bridgehead atoms. The highest BCUT2D eigenvalue weighted by atomic mass is 35.5. The lowest BCUT2D eigenvalue weighted by molar-refractivity contribution is -0.141. The molecule has 1 saturated heterocycles. The molecular weight excluding hydrogens is 273 g/mol. The number of aliphatic carboxylic acids is 1. The predicted octanol–water partition coefficient (Wildman–Crippen LogP) is 3.46. The van der Waals surface area contributed by atoms with Crippen LogP contribution in [0.25, 0.3) is 0 Å². The summed E-state index contributed by atoms with van der Waals surface area (Å²) < 4.78 is 0. The van der Waals surface area contributed by atoms with Crippen LogP contribution in [-0.2, 0) is 4.79 Å². The van der Waals surface area contributed by atoms with Gasteiger partial charge in [0.1, 0.15) is 0 Å². The van der Waals surface area contributed by atoms with Crippen LogP contribution in [0.2, 0.25) is 10.0 Å². The lowest BCUT2D eigenvalue weighted by Gasteiger charge is -2.24.